The van der Waals surface area contributed by atoms with Crippen LogP contribution in [-0.4, -0.2) is 67.5 Å². The van der Waals surface area contributed by atoms with Crippen LogP contribution in [0.25, 0.3) is 0 Å². The third kappa shape index (κ3) is 4.26. The molecule has 15 heteroatoms. The molecule has 2 amide bonds. The van der Waals surface area contributed by atoms with Crippen LogP contribution in [0.3, 0.4) is 0 Å². The second-order valence-electron chi connectivity index (χ2n) is 7.00. The number of nitrogens with two attached hydrogens (primary N) is 1. The average Bonchev–Trinajstić information content (AvgIpc) is 3.22. The predicted octanol–water partition coefficient (Wildman–Crippen LogP) is 0.999. The largest absolute Gasteiger partial charge is 0.486 e. The Hall–Kier alpha value is -3.72. The minimum Gasteiger partial charge on any atom is -0.486 e. The molecule has 0 spiro atoms. The van der Waals surface area contributed by atoms with Gasteiger partial charge in [0.25, 0.3) is 11.8 Å². The summed E-state index contributed by atoms with van der Waals surface area (Å²) in [5, 5.41) is 25.0. The summed E-state index contributed by atoms with van der Waals surface area (Å²) in [6.07, 6.45) is 0. The standard InChI is InChI=1S/C19H15F2N5O6S2/c20-8-1-2-11(9(21)3-8)32-4-7-5-33-17-13(16(28)26(17)14(7)18(29)30)24-15(27)12(25-31)10-6-34-19(22)23-10/h1-3,6,13,17,31H,4-5H2,(H2,22,23)(H,24,27)(H,29,30)/b25-12-/t13?,17-/m1/s1. The van der Waals surface area contributed by atoms with Gasteiger partial charge in [-0.25, -0.2) is 18.6 Å². The van der Waals surface area contributed by atoms with Crippen molar-refractivity contribution in [3.05, 3.63) is 52.2 Å². The van der Waals surface area contributed by atoms with E-state index < -0.39 is 46.5 Å². The van der Waals surface area contributed by atoms with E-state index in [0.29, 0.717) is 6.07 Å². The fourth-order valence-corrected chi connectivity index (χ4v) is 5.25. The summed E-state index contributed by atoms with van der Waals surface area (Å²) in [5.74, 6) is -4.92. The van der Waals surface area contributed by atoms with Gasteiger partial charge in [0.05, 0.1) is 0 Å². The van der Waals surface area contributed by atoms with Crippen molar-refractivity contribution in [1.29, 1.82) is 0 Å². The zero-order valence-electron chi connectivity index (χ0n) is 16.9. The number of anilines is 1. The molecule has 2 aliphatic rings. The van der Waals surface area contributed by atoms with Gasteiger partial charge in [0.1, 0.15) is 35.2 Å². The number of carbonyl (C=O) groups is 3. The number of aliphatic carboxylic acids is 1. The fourth-order valence-electron chi connectivity index (χ4n) is 3.37. The van der Waals surface area contributed by atoms with Crippen LogP contribution in [0.15, 0.2) is 40.0 Å². The zero-order chi connectivity index (χ0) is 24.6. The molecule has 4 rings (SSSR count). The van der Waals surface area contributed by atoms with Gasteiger partial charge in [-0.15, -0.1) is 23.1 Å². The molecular formula is C19H15F2N5O6S2. The van der Waals surface area contributed by atoms with Gasteiger partial charge in [0.15, 0.2) is 22.4 Å². The van der Waals surface area contributed by atoms with Crippen molar-refractivity contribution < 1.29 is 38.2 Å². The van der Waals surface area contributed by atoms with Crippen molar-refractivity contribution in [2.24, 2.45) is 5.16 Å². The quantitative estimate of drug-likeness (QED) is 0.183. The number of oxime groups is 1. The van der Waals surface area contributed by atoms with Crippen LogP contribution in [0.1, 0.15) is 5.69 Å². The van der Waals surface area contributed by atoms with Crippen molar-refractivity contribution >= 4 is 51.7 Å². The maximum Gasteiger partial charge on any atom is 0.352 e. The molecule has 1 unspecified atom stereocenters. The molecular weight excluding hydrogens is 496 g/mol. The van der Waals surface area contributed by atoms with Gasteiger partial charge in [-0.05, 0) is 12.1 Å². The normalized spacial score (nSPS) is 20.0. The van der Waals surface area contributed by atoms with Crippen molar-refractivity contribution in [1.82, 2.24) is 15.2 Å². The van der Waals surface area contributed by atoms with Gasteiger partial charge in [-0.3, -0.25) is 14.5 Å². The van der Waals surface area contributed by atoms with E-state index >= 15 is 0 Å². The molecule has 2 aliphatic heterocycles. The Bertz CT molecular complexity index is 1250. The minimum atomic E-state index is -1.41. The number of ether oxygens (including phenoxy) is 1. The number of amides is 2. The molecule has 178 valence electrons. The molecule has 3 heterocycles. The van der Waals surface area contributed by atoms with Crippen LogP contribution < -0.4 is 15.8 Å². The highest BCUT2D eigenvalue weighted by Crippen LogP contribution is 2.40. The topological polar surface area (TPSA) is 167 Å². The molecule has 2 atom stereocenters. The summed E-state index contributed by atoms with van der Waals surface area (Å²) >= 11 is 2.18. The number of fused-ring (bicyclic) bond motifs is 1. The highest BCUT2D eigenvalue weighted by Gasteiger charge is 2.54. The smallest absolute Gasteiger partial charge is 0.352 e. The second kappa shape index (κ2) is 9.26. The monoisotopic (exact) mass is 511 g/mol. The Labute approximate surface area is 197 Å². The van der Waals surface area contributed by atoms with Crippen LogP contribution in [0.5, 0.6) is 5.75 Å². The number of carbonyl (C=O) groups excluding carboxylic acids is 2. The first-order valence-corrected chi connectivity index (χ1v) is 11.4. The van der Waals surface area contributed by atoms with Gasteiger partial charge < -0.3 is 26.1 Å². The van der Waals surface area contributed by atoms with E-state index in [4.69, 9.17) is 10.5 Å². The number of hydrogen-bond acceptors (Lipinski definition) is 10. The molecule has 0 aliphatic carbocycles. The minimum absolute atomic E-state index is 0.0148. The zero-order valence-corrected chi connectivity index (χ0v) is 18.5. The number of β-lactam (4-membered cyclic amide) rings is 1. The Kier molecular flexibility index (Phi) is 6.39. The summed E-state index contributed by atoms with van der Waals surface area (Å²) in [5.41, 5.74) is 4.94. The van der Waals surface area contributed by atoms with Crippen molar-refractivity contribution in [2.75, 3.05) is 18.1 Å². The average molecular weight is 511 g/mol. The molecule has 1 saturated heterocycles. The summed E-state index contributed by atoms with van der Waals surface area (Å²) < 4.78 is 32.2. The van der Waals surface area contributed by atoms with E-state index in [1.54, 1.807) is 0 Å². The van der Waals surface area contributed by atoms with E-state index in [9.17, 15) is 33.5 Å². The Morgan fingerprint density at radius 1 is 1.38 bits per heavy atom. The number of halogens is 2. The van der Waals surface area contributed by atoms with Crippen molar-refractivity contribution in [3.8, 4) is 5.75 Å². The fraction of sp³-hybridized carbons (Fsp3) is 0.211. The van der Waals surface area contributed by atoms with Crippen LogP contribution >= 0.6 is 23.1 Å². The van der Waals surface area contributed by atoms with Gasteiger partial charge in [-0.1, -0.05) is 5.16 Å². The first-order valence-electron chi connectivity index (χ1n) is 9.43. The molecule has 1 aromatic heterocycles. The van der Waals surface area contributed by atoms with Gasteiger partial charge in [0, 0.05) is 22.8 Å². The van der Waals surface area contributed by atoms with E-state index in [1.165, 1.54) is 5.38 Å². The van der Waals surface area contributed by atoms with Gasteiger partial charge in [0.2, 0.25) is 0 Å². The van der Waals surface area contributed by atoms with Crippen molar-refractivity contribution in [3.63, 3.8) is 0 Å². The van der Waals surface area contributed by atoms with Gasteiger partial charge in [-0.2, -0.15) is 0 Å². The number of nitrogens with one attached hydrogen (secondary N) is 1. The lowest BCUT2D eigenvalue weighted by Gasteiger charge is -2.49. The predicted molar refractivity (Wildman–Crippen MR) is 116 cm³/mol. The molecule has 0 saturated carbocycles. The maximum absolute atomic E-state index is 13.8. The molecule has 0 radical (unpaired) electrons. The number of hydrogen-bond donors (Lipinski definition) is 4. The summed E-state index contributed by atoms with van der Waals surface area (Å²) in [4.78, 5) is 42.0. The molecule has 2 aromatic rings. The van der Waals surface area contributed by atoms with Gasteiger partial charge >= 0.3 is 5.97 Å². The Morgan fingerprint density at radius 3 is 2.76 bits per heavy atom. The van der Waals surface area contributed by atoms with Crippen LogP contribution in [0.2, 0.25) is 0 Å². The number of rotatable bonds is 7. The van der Waals surface area contributed by atoms with E-state index in [-0.39, 0.29) is 40.2 Å². The number of aromatic nitrogens is 1. The van der Waals surface area contributed by atoms with E-state index in [1.807, 2.05) is 0 Å². The highest BCUT2D eigenvalue weighted by atomic mass is 32.2. The number of thioether (sulfide) groups is 1. The molecule has 11 nitrogen and oxygen atoms in total. The molecule has 34 heavy (non-hydrogen) atoms. The van der Waals surface area contributed by atoms with Crippen LogP contribution in [0.4, 0.5) is 13.9 Å². The maximum atomic E-state index is 13.8. The molecule has 1 fully saturated rings. The number of benzene rings is 1. The number of thiazole rings is 1. The third-order valence-electron chi connectivity index (χ3n) is 4.91. The van der Waals surface area contributed by atoms with Crippen LogP contribution in [0, 0.1) is 11.6 Å². The molecule has 1 aromatic carbocycles. The second-order valence-corrected chi connectivity index (χ2v) is 9.00. The SMILES string of the molecule is Nc1nc(/C(=N/O)C(=O)NC2C(=O)N3C(C(=O)O)=C(COc4ccc(F)cc4F)CS[C@H]23)cs1. The van der Waals surface area contributed by atoms with Crippen molar-refractivity contribution in [2.45, 2.75) is 11.4 Å². The first-order chi connectivity index (χ1) is 16.2. The number of carboxylic acids is 1. The number of carboxylic acid groups (broad SMARTS) is 1. The number of nitrogens with zero attached hydrogens (tertiary/aromatic N) is 3. The summed E-state index contributed by atoms with van der Waals surface area (Å²) in [7, 11) is 0. The Morgan fingerprint density at radius 2 is 2.15 bits per heavy atom. The summed E-state index contributed by atoms with van der Waals surface area (Å²) in [6, 6.07) is 1.61. The van der Waals surface area contributed by atoms with Crippen LogP contribution in [-0.2, 0) is 14.4 Å². The lowest BCUT2D eigenvalue weighted by atomic mass is 10.0. The van der Waals surface area contributed by atoms with E-state index in [2.05, 4.69) is 15.5 Å². The lowest BCUT2D eigenvalue weighted by Crippen LogP contribution is -2.71. The molecule has 0 bridgehead atoms. The first kappa shape index (κ1) is 23.4. The molecule has 5 N–H and O–H groups in total. The third-order valence-corrected chi connectivity index (χ3v) is 6.93. The van der Waals surface area contributed by atoms with E-state index in [0.717, 1.165) is 40.1 Å². The summed E-state index contributed by atoms with van der Waals surface area (Å²) in [6.45, 7) is -0.350. The highest BCUT2D eigenvalue weighted by molar-refractivity contribution is 8.00. The number of nitrogen functional groups attached to an aromatic ring is 1. The lowest BCUT2D eigenvalue weighted by molar-refractivity contribution is -0.150. The Balaban J connectivity index is 1.49.